The number of nitrogens with one attached hydrogen (secondary N) is 2. The third-order valence-electron chi connectivity index (χ3n) is 7.86. The first-order valence-corrected chi connectivity index (χ1v) is 18.4. The molecule has 0 aliphatic rings. The van der Waals surface area contributed by atoms with Gasteiger partial charge in [-0.25, -0.2) is 0 Å². The molecular formula is C36H56N5O3P. The van der Waals surface area contributed by atoms with Crippen molar-refractivity contribution in [1.82, 2.24) is 10.6 Å². The van der Waals surface area contributed by atoms with E-state index in [0.29, 0.717) is 31.6 Å². The van der Waals surface area contributed by atoms with E-state index in [2.05, 4.69) is 40.5 Å². The van der Waals surface area contributed by atoms with Crippen LogP contribution in [-0.4, -0.2) is 52.9 Å². The Morgan fingerprint density at radius 3 is 2.20 bits per heavy atom. The van der Waals surface area contributed by atoms with E-state index in [1.807, 2.05) is 60.7 Å². The van der Waals surface area contributed by atoms with Crippen LogP contribution in [0.1, 0.15) is 100 Å². The number of aryl methyl sites for hydroxylation is 1. The highest BCUT2D eigenvalue weighted by atomic mass is 31.2. The third kappa shape index (κ3) is 16.9. The molecule has 0 fully saturated rings. The number of aliphatic imine (C=N–C) groups is 1. The number of nitrogens with zero attached hydrogens (tertiary/aromatic N) is 2. The van der Waals surface area contributed by atoms with Gasteiger partial charge in [-0.2, -0.15) is 5.10 Å². The molecule has 0 aliphatic heterocycles. The summed E-state index contributed by atoms with van der Waals surface area (Å²) in [6, 6.07) is 17.9. The van der Waals surface area contributed by atoms with Crippen molar-refractivity contribution in [2.24, 2.45) is 15.9 Å². The van der Waals surface area contributed by atoms with Crippen molar-refractivity contribution < 1.29 is 14.6 Å². The van der Waals surface area contributed by atoms with Crippen LogP contribution in [0.5, 0.6) is 0 Å². The van der Waals surface area contributed by atoms with E-state index in [-0.39, 0.29) is 6.04 Å². The van der Waals surface area contributed by atoms with Crippen LogP contribution in [-0.2, 0) is 17.8 Å². The van der Waals surface area contributed by atoms with E-state index in [9.17, 15) is 14.6 Å². The summed E-state index contributed by atoms with van der Waals surface area (Å²) >= 11 is 0. The Morgan fingerprint density at radius 2 is 1.58 bits per heavy atom. The van der Waals surface area contributed by atoms with Crippen molar-refractivity contribution in [3.63, 3.8) is 0 Å². The van der Waals surface area contributed by atoms with E-state index in [0.717, 1.165) is 74.0 Å². The Balaban J connectivity index is 1.60. The molecule has 0 spiro atoms. The topological polar surface area (TPSA) is 132 Å². The molecule has 2 aromatic carbocycles. The molecule has 0 heterocycles. The predicted octanol–water partition coefficient (Wildman–Crippen LogP) is 6.69. The minimum Gasteiger partial charge on any atom is -0.352 e. The number of likely N-dealkylation sites (N-methyl/N-ethyl adjacent to an activating group) is 1. The molecule has 2 unspecified atom stereocenters. The van der Waals surface area contributed by atoms with Crippen LogP contribution in [0.3, 0.4) is 0 Å². The molecule has 248 valence electrons. The average molecular weight is 638 g/mol. The lowest BCUT2D eigenvalue weighted by Crippen LogP contribution is -2.27. The molecule has 2 rings (SSSR count). The van der Waals surface area contributed by atoms with Crippen LogP contribution < -0.4 is 16.5 Å². The Bertz CT molecular complexity index is 1210. The first kappa shape index (κ1) is 38.3. The maximum absolute atomic E-state index is 12.1. The smallest absolute Gasteiger partial charge is 0.133 e. The summed E-state index contributed by atoms with van der Waals surface area (Å²) in [7, 11) is -3.41. The number of ketones is 1. The largest absolute Gasteiger partial charge is 0.352 e. The highest BCUT2D eigenvalue weighted by molar-refractivity contribution is 7.62. The van der Waals surface area contributed by atoms with Crippen molar-refractivity contribution in [3.05, 3.63) is 83.9 Å². The summed E-state index contributed by atoms with van der Waals surface area (Å²) in [5, 5.41) is 10.5. The molecule has 0 saturated heterocycles. The van der Waals surface area contributed by atoms with Gasteiger partial charge in [0.05, 0.1) is 11.5 Å². The van der Waals surface area contributed by atoms with Gasteiger partial charge < -0.3 is 20.9 Å². The summed E-state index contributed by atoms with van der Waals surface area (Å²) in [6.45, 7) is 8.07. The van der Waals surface area contributed by atoms with Crippen molar-refractivity contribution in [3.8, 4) is 0 Å². The van der Waals surface area contributed by atoms with Crippen LogP contribution in [0.4, 0.5) is 0 Å². The van der Waals surface area contributed by atoms with E-state index in [4.69, 9.17) is 5.84 Å². The number of unbranched alkanes of at least 4 members (excludes halogenated alkanes) is 6. The number of benzene rings is 2. The molecule has 6 N–H and O–H groups in total. The SMILES string of the molecule is C=CC(CCC(=O)CCCCCCCCCN=C/C(CCc1ccc(C(NCc2ccccc2)P(=C)(O)O)cc1)=N\N)NCC. The van der Waals surface area contributed by atoms with Gasteiger partial charge in [0, 0.05) is 38.2 Å². The summed E-state index contributed by atoms with van der Waals surface area (Å²) in [6.07, 6.45) is 18.8. The van der Waals surface area contributed by atoms with Gasteiger partial charge in [0.2, 0.25) is 0 Å². The zero-order chi connectivity index (χ0) is 32.8. The van der Waals surface area contributed by atoms with Crippen molar-refractivity contribution in [2.45, 2.75) is 102 Å². The number of hydrogen-bond donors (Lipinski definition) is 5. The van der Waals surface area contributed by atoms with Crippen LogP contribution in [0.25, 0.3) is 0 Å². The quantitative estimate of drug-likeness (QED) is 0.0206. The van der Waals surface area contributed by atoms with Crippen LogP contribution >= 0.6 is 7.34 Å². The number of carbonyl (C=O) groups excluding carboxylic acids is 1. The molecule has 9 heteroatoms. The fourth-order valence-corrected chi connectivity index (χ4v) is 6.23. The van der Waals surface area contributed by atoms with Gasteiger partial charge in [-0.15, -0.1) is 6.58 Å². The number of carbonyl (C=O) groups is 1. The van der Waals surface area contributed by atoms with Gasteiger partial charge in [-0.05, 0) is 55.3 Å². The van der Waals surface area contributed by atoms with E-state index >= 15 is 0 Å². The average Bonchev–Trinajstić information content (AvgIpc) is 3.03. The Hall–Kier alpha value is -2.87. The van der Waals surface area contributed by atoms with E-state index in [1.165, 1.54) is 19.3 Å². The highest BCUT2D eigenvalue weighted by Gasteiger charge is 2.23. The van der Waals surface area contributed by atoms with Crippen LogP contribution in [0.2, 0.25) is 0 Å². The molecular weight excluding hydrogens is 581 g/mol. The van der Waals surface area contributed by atoms with Gasteiger partial charge >= 0.3 is 0 Å². The molecule has 2 aromatic rings. The molecule has 0 radical (unpaired) electrons. The minimum atomic E-state index is -3.41. The monoisotopic (exact) mass is 637 g/mol. The predicted molar refractivity (Wildman–Crippen MR) is 193 cm³/mol. The number of nitrogens with two attached hydrogens (primary N) is 1. The molecule has 0 aromatic heterocycles. The maximum atomic E-state index is 12.1. The number of hydrogen-bond acceptors (Lipinski definition) is 8. The standard InChI is InChI=1S/C36H56N5O3P/c1-4-33(39-5-2)25-26-35(42)18-14-9-7-6-8-10-15-27-38-29-34(41-37)24-21-30-19-22-32(23-20-30)36(45(3,43)44)40-28-31-16-12-11-13-17-31/h4,11-13,16-17,19-20,22-23,29,33,36,39-40,43-44H,1,3,5-10,14-15,18,21,24-28,37H2,2H3/b38-29?,41-34-. The minimum absolute atomic E-state index is 0.238. The van der Waals surface area contributed by atoms with Crippen molar-refractivity contribution in [2.75, 3.05) is 13.1 Å². The highest BCUT2D eigenvalue weighted by Crippen LogP contribution is 2.49. The summed E-state index contributed by atoms with van der Waals surface area (Å²) in [5.74, 6) is 5.35. The fraction of sp³-hybridized carbons (Fsp3) is 0.500. The molecule has 0 bridgehead atoms. The van der Waals surface area contributed by atoms with Crippen molar-refractivity contribution >= 4 is 31.3 Å². The second-order valence-corrected chi connectivity index (χ2v) is 13.7. The number of hydrazone groups is 1. The van der Waals surface area contributed by atoms with Crippen molar-refractivity contribution in [1.29, 1.82) is 0 Å². The van der Waals surface area contributed by atoms with Gasteiger partial charge in [-0.1, -0.05) is 106 Å². The zero-order valence-corrected chi connectivity index (χ0v) is 28.1. The second-order valence-electron chi connectivity index (χ2n) is 11.7. The summed E-state index contributed by atoms with van der Waals surface area (Å²) < 4.78 is 0. The Labute approximate surface area is 271 Å². The Morgan fingerprint density at radius 1 is 0.911 bits per heavy atom. The Kier molecular flexibility index (Phi) is 19.2. The van der Waals surface area contributed by atoms with Gasteiger partial charge in [-0.3, -0.25) is 15.1 Å². The van der Waals surface area contributed by atoms with E-state index in [1.54, 1.807) is 6.21 Å². The van der Waals surface area contributed by atoms with Gasteiger partial charge in [0.25, 0.3) is 0 Å². The van der Waals surface area contributed by atoms with Gasteiger partial charge in [0.15, 0.2) is 0 Å². The molecule has 2 atom stereocenters. The molecule has 0 saturated carbocycles. The second kappa shape index (κ2) is 22.6. The molecule has 0 amide bonds. The number of Topliss-reactive ketones (excluding diaryl/α,β-unsaturated/α-hetero) is 1. The first-order valence-electron chi connectivity index (χ1n) is 16.5. The fourth-order valence-electron chi connectivity index (χ4n) is 5.20. The molecule has 0 aliphatic carbocycles. The number of rotatable bonds is 25. The zero-order valence-electron chi connectivity index (χ0n) is 27.2. The molecule has 45 heavy (non-hydrogen) atoms. The lowest BCUT2D eigenvalue weighted by molar-refractivity contribution is -0.119. The lowest BCUT2D eigenvalue weighted by Gasteiger charge is -2.25. The molecule has 8 nitrogen and oxygen atoms in total. The lowest BCUT2D eigenvalue weighted by atomic mass is 10.0. The normalized spacial score (nSPS) is 13.6. The van der Waals surface area contributed by atoms with Gasteiger partial charge in [0.1, 0.15) is 13.1 Å². The third-order valence-corrected chi connectivity index (χ3v) is 9.16. The van der Waals surface area contributed by atoms with E-state index < -0.39 is 13.1 Å². The first-order chi connectivity index (χ1) is 21.8. The summed E-state index contributed by atoms with van der Waals surface area (Å²) in [5.41, 5.74) is 3.72. The maximum Gasteiger partial charge on any atom is 0.133 e. The van der Waals surface area contributed by atoms with Crippen LogP contribution in [0.15, 0.2) is 77.3 Å². The van der Waals surface area contributed by atoms with Crippen LogP contribution in [0, 0.1) is 0 Å². The summed E-state index contributed by atoms with van der Waals surface area (Å²) in [4.78, 5) is 37.4.